The highest BCUT2D eigenvalue weighted by Crippen LogP contribution is 2.43. The van der Waals surface area contributed by atoms with Crippen molar-refractivity contribution < 1.29 is 0 Å². The maximum absolute atomic E-state index is 5.32. The predicted octanol–water partition coefficient (Wildman–Crippen LogP) is 13.9. The minimum absolute atomic E-state index is 0.594. The van der Waals surface area contributed by atoms with Crippen LogP contribution in [0.3, 0.4) is 0 Å². The van der Waals surface area contributed by atoms with Crippen molar-refractivity contribution >= 4 is 54.4 Å². The number of rotatable bonds is 5. The molecule has 0 fully saturated rings. The number of fused-ring (bicyclic) bond motifs is 8. The molecule has 11 rings (SSSR count). The Labute approximate surface area is 335 Å². The third kappa shape index (κ3) is 5.62. The van der Waals surface area contributed by atoms with E-state index in [9.17, 15) is 0 Å². The van der Waals surface area contributed by atoms with Crippen LogP contribution in [0.15, 0.2) is 219 Å². The number of benzene rings is 8. The summed E-state index contributed by atoms with van der Waals surface area (Å²) in [5.74, 6) is 0.594. The third-order valence-corrected chi connectivity index (χ3v) is 11.2. The van der Waals surface area contributed by atoms with E-state index in [1.165, 1.54) is 43.7 Å². The fourth-order valence-electron chi connectivity index (χ4n) is 8.62. The zero-order chi connectivity index (χ0) is 38.4. The Hall–Kier alpha value is -7.82. The highest BCUT2D eigenvalue weighted by molar-refractivity contribution is 6.24. The van der Waals surface area contributed by atoms with Crippen molar-refractivity contribution in [3.05, 3.63) is 219 Å². The number of hydrogen-bond acceptors (Lipinski definition) is 2. The van der Waals surface area contributed by atoms with Gasteiger partial charge in [-0.3, -0.25) is 4.57 Å². The largest absolute Gasteiger partial charge is 0.309 e. The summed E-state index contributed by atoms with van der Waals surface area (Å²) < 4.78 is 4.61. The van der Waals surface area contributed by atoms with Gasteiger partial charge in [0.05, 0.1) is 27.8 Å². The fourth-order valence-corrected chi connectivity index (χ4v) is 8.62. The SMILES string of the molecule is c1cccc(-c2ccc(-c3ccccc3)cc2)nc(-n2c3ccccc3c3cc(-c4cc5c(c6ccccc46)c4ccccc4n5-c4ccccc4)ccc32)ncc1. The summed E-state index contributed by atoms with van der Waals surface area (Å²) in [5, 5.41) is 7.27. The molecule has 4 heteroatoms. The Morgan fingerprint density at radius 1 is 0.328 bits per heavy atom. The highest BCUT2D eigenvalue weighted by Gasteiger charge is 2.20. The van der Waals surface area contributed by atoms with Gasteiger partial charge in [-0.05, 0) is 87.6 Å². The molecule has 272 valence electrons. The molecule has 0 saturated carbocycles. The van der Waals surface area contributed by atoms with Gasteiger partial charge in [0, 0.05) is 39.0 Å². The fraction of sp³-hybridized carbons (Fsp3) is 0. The molecule has 8 aromatic carbocycles. The van der Waals surface area contributed by atoms with Crippen LogP contribution in [0.4, 0.5) is 0 Å². The molecule has 0 saturated heterocycles. The number of hydrogen-bond donors (Lipinski definition) is 0. The Bertz CT molecular complexity index is 3380. The van der Waals surface area contributed by atoms with Crippen molar-refractivity contribution in [3.8, 4) is 45.1 Å². The van der Waals surface area contributed by atoms with E-state index in [1.54, 1.807) is 0 Å². The van der Waals surface area contributed by atoms with E-state index in [4.69, 9.17) is 9.97 Å². The average molecular weight is 741 g/mol. The van der Waals surface area contributed by atoms with Crippen molar-refractivity contribution in [2.24, 2.45) is 0 Å². The molecule has 4 nitrogen and oxygen atoms in total. The van der Waals surface area contributed by atoms with Gasteiger partial charge in [-0.2, -0.15) is 0 Å². The molecule has 0 radical (unpaired) electrons. The van der Waals surface area contributed by atoms with Crippen molar-refractivity contribution in [1.82, 2.24) is 19.1 Å². The standard InChI is InChI=1S/C54H36N4/c1-2-16-34-55-54(56-48(25-9-1)39-30-28-38(29-31-39)37-17-5-3-6-18-37)58-49-26-14-12-22-43(49)47-35-40(32-33-51(47)58)46-36-52-53(44-23-11-10-21-42(44)46)45-24-13-15-27-50(45)57(52)41-19-7-4-8-20-41/h1-36H. The van der Waals surface area contributed by atoms with Gasteiger partial charge in [-0.15, -0.1) is 0 Å². The van der Waals surface area contributed by atoms with Crippen LogP contribution in [0.1, 0.15) is 0 Å². The molecule has 3 heterocycles. The van der Waals surface area contributed by atoms with E-state index in [0.29, 0.717) is 5.95 Å². The lowest BCUT2D eigenvalue weighted by Gasteiger charge is -2.13. The zero-order valence-corrected chi connectivity index (χ0v) is 31.6. The van der Waals surface area contributed by atoms with E-state index in [-0.39, 0.29) is 0 Å². The molecule has 0 N–H and O–H groups in total. The second-order valence-electron chi connectivity index (χ2n) is 14.6. The zero-order valence-electron chi connectivity index (χ0n) is 31.6. The van der Waals surface area contributed by atoms with Gasteiger partial charge in [0.25, 0.3) is 0 Å². The molecule has 0 aliphatic rings. The monoisotopic (exact) mass is 740 g/mol. The minimum Gasteiger partial charge on any atom is -0.309 e. The van der Waals surface area contributed by atoms with Crippen molar-refractivity contribution in [1.29, 1.82) is 0 Å². The van der Waals surface area contributed by atoms with E-state index >= 15 is 0 Å². The van der Waals surface area contributed by atoms with Gasteiger partial charge in [0.2, 0.25) is 5.95 Å². The number of nitrogens with zero attached hydrogens (tertiary/aromatic N) is 4. The number of aromatic nitrogens is 4. The predicted molar refractivity (Wildman–Crippen MR) is 242 cm³/mol. The lowest BCUT2D eigenvalue weighted by molar-refractivity contribution is 1.01. The van der Waals surface area contributed by atoms with Crippen LogP contribution in [0.2, 0.25) is 0 Å². The second kappa shape index (κ2) is 14.0. The molecule has 0 aliphatic carbocycles. The molecular weight excluding hydrogens is 705 g/mol. The summed E-state index contributed by atoms with van der Waals surface area (Å²) in [6, 6.07) is 75.2. The van der Waals surface area contributed by atoms with Crippen molar-refractivity contribution in [2.75, 3.05) is 0 Å². The molecule has 0 aliphatic heterocycles. The van der Waals surface area contributed by atoms with E-state index in [2.05, 4.69) is 191 Å². The van der Waals surface area contributed by atoms with Crippen molar-refractivity contribution in [2.45, 2.75) is 0 Å². The Morgan fingerprint density at radius 2 is 0.879 bits per heavy atom. The Morgan fingerprint density at radius 3 is 1.67 bits per heavy atom. The summed E-state index contributed by atoms with van der Waals surface area (Å²) in [4.78, 5) is 10.3. The summed E-state index contributed by atoms with van der Waals surface area (Å²) in [6.45, 7) is 0. The lowest BCUT2D eigenvalue weighted by Crippen LogP contribution is -2.00. The van der Waals surface area contributed by atoms with E-state index in [1.807, 2.05) is 36.5 Å². The topological polar surface area (TPSA) is 35.6 Å². The Kier molecular flexibility index (Phi) is 8.11. The first-order chi connectivity index (χ1) is 28.8. The van der Waals surface area contributed by atoms with Crippen LogP contribution in [-0.4, -0.2) is 19.1 Å². The van der Waals surface area contributed by atoms with Crippen LogP contribution in [-0.2, 0) is 0 Å². The van der Waals surface area contributed by atoms with E-state index < -0.39 is 0 Å². The lowest BCUT2D eigenvalue weighted by atomic mass is 9.94. The van der Waals surface area contributed by atoms with Gasteiger partial charge >= 0.3 is 0 Å². The summed E-state index contributed by atoms with van der Waals surface area (Å²) in [7, 11) is 0. The average Bonchev–Trinajstić information content (AvgIpc) is 3.81. The highest BCUT2D eigenvalue weighted by atomic mass is 15.1. The number of para-hydroxylation sites is 3. The third-order valence-electron chi connectivity index (χ3n) is 11.2. The quantitative estimate of drug-likeness (QED) is 0.176. The molecule has 0 amide bonds. The van der Waals surface area contributed by atoms with Crippen LogP contribution in [0.25, 0.3) is 99.5 Å². The summed E-state index contributed by atoms with van der Waals surface area (Å²) in [5.41, 5.74) is 12.2. The smallest absolute Gasteiger partial charge is 0.235 e. The molecule has 3 aromatic heterocycles. The van der Waals surface area contributed by atoms with Crippen LogP contribution >= 0.6 is 0 Å². The Balaban J connectivity index is 1.13. The minimum atomic E-state index is 0.594. The molecule has 11 aromatic rings. The molecular formula is C54H36N4. The van der Waals surface area contributed by atoms with Crippen LogP contribution < -0.4 is 0 Å². The van der Waals surface area contributed by atoms with Gasteiger partial charge in [0.15, 0.2) is 0 Å². The molecule has 0 unspecified atom stereocenters. The van der Waals surface area contributed by atoms with Crippen LogP contribution in [0.5, 0.6) is 0 Å². The van der Waals surface area contributed by atoms with Gasteiger partial charge < -0.3 is 4.57 Å². The first-order valence-corrected chi connectivity index (χ1v) is 19.7. The molecule has 0 spiro atoms. The first kappa shape index (κ1) is 33.5. The summed E-state index contributed by atoms with van der Waals surface area (Å²) in [6.07, 6.45) is 1.83. The van der Waals surface area contributed by atoms with Gasteiger partial charge in [-0.1, -0.05) is 158 Å². The first-order valence-electron chi connectivity index (χ1n) is 19.7. The summed E-state index contributed by atoms with van der Waals surface area (Å²) >= 11 is 0. The maximum atomic E-state index is 5.32. The van der Waals surface area contributed by atoms with Crippen LogP contribution in [0, 0.1) is 0 Å². The van der Waals surface area contributed by atoms with Gasteiger partial charge in [0.1, 0.15) is 0 Å². The van der Waals surface area contributed by atoms with E-state index in [0.717, 1.165) is 49.9 Å². The maximum Gasteiger partial charge on any atom is 0.235 e. The molecule has 0 atom stereocenters. The normalized spacial score (nSPS) is 11.4. The molecule has 58 heavy (non-hydrogen) atoms. The molecule has 0 bridgehead atoms. The van der Waals surface area contributed by atoms with Crippen molar-refractivity contribution in [3.63, 3.8) is 0 Å². The van der Waals surface area contributed by atoms with Gasteiger partial charge in [-0.25, -0.2) is 9.97 Å². The second-order valence-corrected chi connectivity index (χ2v) is 14.6.